The average molecular weight is 424 g/mol. The number of hydrogen-bond acceptors (Lipinski definition) is 8. The van der Waals surface area contributed by atoms with Gasteiger partial charge in [-0.25, -0.2) is 22.8 Å². The van der Waals surface area contributed by atoms with E-state index in [0.29, 0.717) is 16.8 Å². The highest BCUT2D eigenvalue weighted by molar-refractivity contribution is 7.92. The Kier molecular flexibility index (Phi) is 4.80. The summed E-state index contributed by atoms with van der Waals surface area (Å²) in [5.41, 5.74) is 12.7. The molecular formula is C20H17FN6O2S. The van der Waals surface area contributed by atoms with E-state index < -0.39 is 20.8 Å². The van der Waals surface area contributed by atoms with E-state index in [0.717, 1.165) is 0 Å². The van der Waals surface area contributed by atoms with Crippen molar-refractivity contribution in [2.75, 3.05) is 5.73 Å². The normalized spacial score (nSPS) is 18.2. The van der Waals surface area contributed by atoms with Crippen molar-refractivity contribution in [2.24, 2.45) is 10.7 Å². The Morgan fingerprint density at radius 3 is 2.50 bits per heavy atom. The van der Waals surface area contributed by atoms with E-state index in [9.17, 15) is 12.8 Å². The summed E-state index contributed by atoms with van der Waals surface area (Å²) in [4.78, 5) is 11.8. The first-order valence-electron chi connectivity index (χ1n) is 8.80. The molecule has 1 unspecified atom stereocenters. The van der Waals surface area contributed by atoms with Crippen LogP contribution < -0.4 is 16.8 Å². The minimum absolute atomic E-state index is 0.0770. The Labute approximate surface area is 172 Å². The van der Waals surface area contributed by atoms with E-state index in [1.165, 1.54) is 49.1 Å². The van der Waals surface area contributed by atoms with Gasteiger partial charge < -0.3 is 11.1 Å². The number of nitrogens with one attached hydrogen (secondary N) is 1. The molecule has 8 nitrogen and oxygen atoms in total. The third kappa shape index (κ3) is 3.31. The first kappa shape index (κ1) is 19.7. The number of allylic oxidation sites excluding steroid dienone is 1. The molecule has 0 aliphatic carbocycles. The molecule has 4 rings (SSSR count). The van der Waals surface area contributed by atoms with Crippen molar-refractivity contribution in [1.29, 1.82) is 0 Å². The van der Waals surface area contributed by atoms with Crippen molar-refractivity contribution < 1.29 is 12.8 Å². The molecule has 152 valence electrons. The molecule has 0 amide bonds. The topological polar surface area (TPSA) is 136 Å². The Balaban J connectivity index is 1.80. The van der Waals surface area contributed by atoms with Gasteiger partial charge in [-0.15, -0.1) is 0 Å². The van der Waals surface area contributed by atoms with Crippen molar-refractivity contribution >= 4 is 21.9 Å². The molecule has 0 spiro atoms. The monoisotopic (exact) mass is 424 g/mol. The number of benzene rings is 2. The number of aromatic nitrogens is 2. The number of sulfone groups is 1. The van der Waals surface area contributed by atoms with Crippen molar-refractivity contribution in [3.8, 4) is 22.4 Å². The molecule has 0 bridgehead atoms. The summed E-state index contributed by atoms with van der Waals surface area (Å²) in [6.45, 7) is 0. The maximum Gasteiger partial charge on any atom is 0.292 e. The van der Waals surface area contributed by atoms with E-state index in [1.54, 1.807) is 24.3 Å². The molecule has 1 aromatic heterocycles. The Morgan fingerprint density at radius 1 is 1.03 bits per heavy atom. The summed E-state index contributed by atoms with van der Waals surface area (Å²) in [5.74, 6) is -0.363. The van der Waals surface area contributed by atoms with Crippen LogP contribution >= 0.6 is 0 Å². The summed E-state index contributed by atoms with van der Waals surface area (Å²) < 4.78 is 41.4. The number of nitrogens with two attached hydrogens (primary N) is 2. The minimum Gasteiger partial charge on any atom is -0.382 e. The highest BCUT2D eigenvalue weighted by Gasteiger charge is 2.42. The van der Waals surface area contributed by atoms with Crippen LogP contribution in [0.25, 0.3) is 22.4 Å². The van der Waals surface area contributed by atoms with Gasteiger partial charge in [0.15, 0.2) is 0 Å². The molecule has 0 fully saturated rings. The molecule has 1 aliphatic rings. The van der Waals surface area contributed by atoms with E-state index >= 15 is 0 Å². The molecule has 3 aromatic rings. The SMILES string of the molecule is Nc1cnc(-c2ccc(-c3ccccc3S(=O)(=O)C3(N)N=CC=CN3)cc2F)cn1. The van der Waals surface area contributed by atoms with Crippen molar-refractivity contribution in [1.82, 2.24) is 15.3 Å². The molecular weight excluding hydrogens is 407 g/mol. The van der Waals surface area contributed by atoms with Crippen LogP contribution in [0.3, 0.4) is 0 Å². The van der Waals surface area contributed by atoms with Gasteiger partial charge in [0.25, 0.3) is 5.12 Å². The molecule has 10 heteroatoms. The second kappa shape index (κ2) is 7.32. The summed E-state index contributed by atoms with van der Waals surface area (Å²) >= 11 is 0. The van der Waals surface area contributed by atoms with E-state index in [1.807, 2.05) is 0 Å². The van der Waals surface area contributed by atoms with E-state index in [4.69, 9.17) is 11.5 Å². The number of aliphatic imine (C=N–C) groups is 1. The maximum atomic E-state index is 14.9. The fourth-order valence-corrected chi connectivity index (χ4v) is 4.51. The van der Waals surface area contributed by atoms with Crippen LogP contribution in [0.15, 0.2) is 77.0 Å². The van der Waals surface area contributed by atoms with Gasteiger partial charge in [-0.3, -0.25) is 10.7 Å². The second-order valence-corrected chi connectivity index (χ2v) is 8.57. The predicted molar refractivity (Wildman–Crippen MR) is 112 cm³/mol. The third-order valence-corrected chi connectivity index (χ3v) is 6.53. The third-order valence-electron chi connectivity index (χ3n) is 4.55. The molecule has 30 heavy (non-hydrogen) atoms. The fourth-order valence-electron chi connectivity index (χ4n) is 3.02. The molecule has 2 aromatic carbocycles. The molecule has 2 heterocycles. The Hall–Kier alpha value is -3.63. The van der Waals surface area contributed by atoms with Crippen molar-refractivity contribution in [3.05, 3.63) is 73.0 Å². The van der Waals surface area contributed by atoms with Crippen LogP contribution in [0.1, 0.15) is 0 Å². The lowest BCUT2D eigenvalue weighted by Crippen LogP contribution is -2.56. The zero-order chi connectivity index (χ0) is 21.4. The zero-order valence-electron chi connectivity index (χ0n) is 15.5. The summed E-state index contributed by atoms with van der Waals surface area (Å²) in [5, 5.41) is 0.512. The van der Waals surface area contributed by atoms with Crippen LogP contribution in [0.4, 0.5) is 10.2 Å². The average Bonchev–Trinajstić information content (AvgIpc) is 2.75. The smallest absolute Gasteiger partial charge is 0.292 e. The molecule has 5 N–H and O–H groups in total. The van der Waals surface area contributed by atoms with Crippen LogP contribution in [0, 0.1) is 5.82 Å². The molecule has 1 atom stereocenters. The predicted octanol–water partition coefficient (Wildman–Crippen LogP) is 2.06. The van der Waals surface area contributed by atoms with Crippen LogP contribution in [0.5, 0.6) is 0 Å². The minimum atomic E-state index is -4.16. The highest BCUT2D eigenvalue weighted by Crippen LogP contribution is 2.34. The van der Waals surface area contributed by atoms with Gasteiger partial charge in [-0.1, -0.05) is 24.3 Å². The lowest BCUT2D eigenvalue weighted by atomic mass is 10.0. The summed E-state index contributed by atoms with van der Waals surface area (Å²) in [7, 11) is -4.16. The first-order valence-corrected chi connectivity index (χ1v) is 10.3. The number of halogens is 1. The zero-order valence-corrected chi connectivity index (χ0v) is 16.3. The quantitative estimate of drug-likeness (QED) is 0.583. The lowest BCUT2D eigenvalue weighted by Gasteiger charge is -2.27. The largest absolute Gasteiger partial charge is 0.382 e. The van der Waals surface area contributed by atoms with Gasteiger partial charge in [0.1, 0.15) is 11.6 Å². The van der Waals surface area contributed by atoms with Gasteiger partial charge in [-0.05, 0) is 29.8 Å². The Morgan fingerprint density at radius 2 is 1.83 bits per heavy atom. The molecule has 0 radical (unpaired) electrons. The molecule has 1 aliphatic heterocycles. The first-order chi connectivity index (χ1) is 14.3. The number of rotatable bonds is 4. The summed E-state index contributed by atoms with van der Waals surface area (Å²) in [6, 6.07) is 10.6. The number of nitrogen functional groups attached to an aromatic ring is 1. The maximum absolute atomic E-state index is 14.9. The van der Waals surface area contributed by atoms with Crippen LogP contribution in [0.2, 0.25) is 0 Å². The number of nitrogens with zero attached hydrogens (tertiary/aromatic N) is 3. The van der Waals surface area contributed by atoms with Gasteiger partial charge in [0.2, 0.25) is 9.84 Å². The van der Waals surface area contributed by atoms with Gasteiger partial charge >= 0.3 is 0 Å². The second-order valence-electron chi connectivity index (χ2n) is 6.50. The molecule has 0 saturated carbocycles. The van der Waals surface area contributed by atoms with Crippen LogP contribution in [-0.4, -0.2) is 29.7 Å². The van der Waals surface area contributed by atoms with Gasteiger partial charge in [-0.2, -0.15) is 0 Å². The van der Waals surface area contributed by atoms with Crippen molar-refractivity contribution in [2.45, 2.75) is 10.0 Å². The van der Waals surface area contributed by atoms with Crippen LogP contribution in [-0.2, 0) is 9.84 Å². The van der Waals surface area contributed by atoms with Gasteiger partial charge in [0.05, 0.1) is 23.0 Å². The number of hydrogen-bond donors (Lipinski definition) is 3. The fraction of sp³-hybridized carbons (Fsp3) is 0.0500. The van der Waals surface area contributed by atoms with Gasteiger partial charge in [0, 0.05) is 23.5 Å². The highest BCUT2D eigenvalue weighted by atomic mass is 32.2. The van der Waals surface area contributed by atoms with E-state index in [-0.39, 0.29) is 16.3 Å². The Bertz CT molecular complexity index is 1270. The lowest BCUT2D eigenvalue weighted by molar-refractivity contribution is 0.493. The number of anilines is 1. The van der Waals surface area contributed by atoms with Crippen molar-refractivity contribution in [3.63, 3.8) is 0 Å². The standard InChI is InChI=1S/C20H17FN6O2S/c21-16-10-13(6-7-15(16)17-11-25-19(22)12-24-17)14-4-1-2-5-18(14)30(28,29)20(23)26-8-3-9-27-20/h1-12,26H,23H2,(H2,22,25). The molecule has 0 saturated heterocycles. The van der Waals surface area contributed by atoms with E-state index in [2.05, 4.69) is 20.3 Å². The summed E-state index contributed by atoms with van der Waals surface area (Å²) in [6.07, 6.45) is 6.93.